The number of aromatic nitrogens is 2. The Balaban J connectivity index is 1.61. The fraction of sp³-hybridized carbons (Fsp3) is 0.300. The largest absolute Gasteiger partial charge is 0.496 e. The molecule has 3 aromatic rings. The van der Waals surface area contributed by atoms with Crippen molar-refractivity contribution in [2.75, 3.05) is 13.7 Å². The topological polar surface area (TPSA) is 46.8 Å². The normalized spacial score (nSPS) is 17.2. The van der Waals surface area contributed by atoms with Gasteiger partial charge in [-0.05, 0) is 31.0 Å². The third-order valence-electron chi connectivity index (χ3n) is 4.91. The molecule has 5 heteroatoms. The number of amides is 1. The molecule has 1 aromatic carbocycles. The number of pyridine rings is 1. The van der Waals surface area contributed by atoms with E-state index >= 15 is 0 Å². The van der Waals surface area contributed by atoms with Gasteiger partial charge in [0.2, 0.25) is 5.91 Å². The van der Waals surface area contributed by atoms with Crippen molar-refractivity contribution < 1.29 is 9.53 Å². The molecule has 1 aliphatic heterocycles. The fourth-order valence-corrected chi connectivity index (χ4v) is 3.73. The Morgan fingerprint density at radius 3 is 3.00 bits per heavy atom. The second-order valence-electron chi connectivity index (χ2n) is 6.34. The lowest BCUT2D eigenvalue weighted by molar-refractivity contribution is -0.131. The molecule has 128 valence electrons. The summed E-state index contributed by atoms with van der Waals surface area (Å²) >= 11 is 0. The molecular formula is C20H21N3O2. The predicted molar refractivity (Wildman–Crippen MR) is 95.6 cm³/mol. The number of carbonyl (C=O) groups excluding carboxylic acids is 1. The van der Waals surface area contributed by atoms with E-state index in [9.17, 15) is 4.79 Å². The Hall–Kier alpha value is -2.82. The minimum absolute atomic E-state index is 0.0973. The zero-order chi connectivity index (χ0) is 17.2. The summed E-state index contributed by atoms with van der Waals surface area (Å²) < 4.78 is 7.47. The van der Waals surface area contributed by atoms with Crippen LogP contribution in [0.4, 0.5) is 0 Å². The maximum absolute atomic E-state index is 13.0. The van der Waals surface area contributed by atoms with Gasteiger partial charge in [0.05, 0.1) is 19.6 Å². The molecule has 0 bridgehead atoms. The molecule has 1 atom stereocenters. The number of para-hydroxylation sites is 1. The van der Waals surface area contributed by atoms with Gasteiger partial charge in [0.15, 0.2) is 0 Å². The van der Waals surface area contributed by atoms with Gasteiger partial charge in [-0.25, -0.2) is 4.98 Å². The summed E-state index contributed by atoms with van der Waals surface area (Å²) in [5, 5.41) is 0. The number of carbonyl (C=O) groups is 1. The maximum Gasteiger partial charge on any atom is 0.227 e. The number of ether oxygens (including phenoxy) is 1. The summed E-state index contributed by atoms with van der Waals surface area (Å²) in [4.78, 5) is 19.3. The minimum atomic E-state index is 0.0973. The number of imidazole rings is 1. The molecule has 0 saturated carbocycles. The van der Waals surface area contributed by atoms with Crippen molar-refractivity contribution in [2.24, 2.45) is 0 Å². The van der Waals surface area contributed by atoms with Crippen LogP contribution in [0.15, 0.2) is 54.9 Å². The van der Waals surface area contributed by atoms with E-state index in [0.29, 0.717) is 6.42 Å². The lowest BCUT2D eigenvalue weighted by Gasteiger charge is -2.26. The van der Waals surface area contributed by atoms with Gasteiger partial charge in [0.25, 0.3) is 0 Å². The third-order valence-corrected chi connectivity index (χ3v) is 4.91. The van der Waals surface area contributed by atoms with Crippen LogP contribution in [-0.2, 0) is 11.2 Å². The van der Waals surface area contributed by atoms with Crippen molar-refractivity contribution in [1.82, 2.24) is 14.3 Å². The summed E-state index contributed by atoms with van der Waals surface area (Å²) in [7, 11) is 1.64. The van der Waals surface area contributed by atoms with E-state index in [4.69, 9.17) is 4.74 Å². The fourth-order valence-electron chi connectivity index (χ4n) is 3.73. The number of likely N-dealkylation sites (tertiary alicyclic amines) is 1. The molecule has 1 unspecified atom stereocenters. The van der Waals surface area contributed by atoms with Crippen LogP contribution in [0.3, 0.4) is 0 Å². The molecule has 2 aromatic heterocycles. The first-order valence-corrected chi connectivity index (χ1v) is 8.61. The average Bonchev–Trinajstić information content (AvgIpc) is 3.31. The molecule has 1 fully saturated rings. The number of methoxy groups -OCH3 is 1. The van der Waals surface area contributed by atoms with Crippen molar-refractivity contribution in [3.63, 3.8) is 0 Å². The van der Waals surface area contributed by atoms with Crippen LogP contribution in [0.25, 0.3) is 5.65 Å². The highest BCUT2D eigenvalue weighted by Crippen LogP contribution is 2.33. The van der Waals surface area contributed by atoms with Gasteiger partial charge in [0, 0.05) is 30.2 Å². The summed E-state index contributed by atoms with van der Waals surface area (Å²) in [5.74, 6) is 0.910. The zero-order valence-corrected chi connectivity index (χ0v) is 14.3. The molecule has 5 nitrogen and oxygen atoms in total. The molecular weight excluding hydrogens is 314 g/mol. The van der Waals surface area contributed by atoms with Crippen molar-refractivity contribution in [3.8, 4) is 5.75 Å². The highest BCUT2D eigenvalue weighted by molar-refractivity contribution is 5.80. The minimum Gasteiger partial charge on any atom is -0.496 e. The molecule has 4 rings (SSSR count). The third kappa shape index (κ3) is 2.86. The van der Waals surface area contributed by atoms with Gasteiger partial charge >= 0.3 is 0 Å². The van der Waals surface area contributed by atoms with Gasteiger partial charge in [-0.2, -0.15) is 0 Å². The van der Waals surface area contributed by atoms with Gasteiger partial charge in [-0.1, -0.05) is 24.3 Å². The van der Waals surface area contributed by atoms with E-state index in [0.717, 1.165) is 42.0 Å². The van der Waals surface area contributed by atoms with Crippen LogP contribution in [0.2, 0.25) is 0 Å². The monoisotopic (exact) mass is 335 g/mol. The quantitative estimate of drug-likeness (QED) is 0.735. The van der Waals surface area contributed by atoms with Gasteiger partial charge in [0.1, 0.15) is 11.4 Å². The lowest BCUT2D eigenvalue weighted by Crippen LogP contribution is -2.32. The van der Waals surface area contributed by atoms with Crippen LogP contribution in [0.1, 0.15) is 30.1 Å². The van der Waals surface area contributed by atoms with Crippen LogP contribution in [-0.4, -0.2) is 33.8 Å². The maximum atomic E-state index is 13.0. The number of benzene rings is 1. The van der Waals surface area contributed by atoms with E-state index in [1.807, 2.05) is 47.5 Å². The SMILES string of the molecule is COc1ccccc1CC(=O)N1CCCC1c1cccc2nccn12. The first-order chi connectivity index (χ1) is 12.3. The molecule has 1 aliphatic rings. The number of fused-ring (bicyclic) bond motifs is 1. The zero-order valence-electron chi connectivity index (χ0n) is 14.3. The Morgan fingerprint density at radius 1 is 1.24 bits per heavy atom. The molecule has 1 saturated heterocycles. The van der Waals surface area contributed by atoms with E-state index in [1.54, 1.807) is 13.3 Å². The first kappa shape index (κ1) is 15.7. The van der Waals surface area contributed by atoms with E-state index in [-0.39, 0.29) is 11.9 Å². The van der Waals surface area contributed by atoms with E-state index in [2.05, 4.69) is 15.5 Å². The molecule has 0 radical (unpaired) electrons. The number of hydrogen-bond acceptors (Lipinski definition) is 3. The van der Waals surface area contributed by atoms with Crippen molar-refractivity contribution in [1.29, 1.82) is 0 Å². The summed E-state index contributed by atoms with van der Waals surface area (Å²) in [6.07, 6.45) is 6.13. The standard InChI is InChI=1S/C20H21N3O2/c1-25-18-9-3-2-6-15(18)14-20(24)23-12-5-8-17(23)16-7-4-10-19-21-11-13-22(16)19/h2-4,6-7,9-11,13,17H,5,8,12,14H2,1H3. The summed E-state index contributed by atoms with van der Waals surface area (Å²) in [6.45, 7) is 0.795. The average molecular weight is 335 g/mol. The Bertz CT molecular complexity index is 903. The number of rotatable bonds is 4. The van der Waals surface area contributed by atoms with Gasteiger partial charge in [-0.3, -0.25) is 4.79 Å². The summed E-state index contributed by atoms with van der Waals surface area (Å²) in [6, 6.07) is 13.9. The van der Waals surface area contributed by atoms with Gasteiger partial charge in [-0.15, -0.1) is 0 Å². The Kier molecular flexibility index (Phi) is 4.14. The van der Waals surface area contributed by atoms with E-state index < -0.39 is 0 Å². The van der Waals surface area contributed by atoms with Crippen LogP contribution in [0, 0.1) is 0 Å². The highest BCUT2D eigenvalue weighted by Gasteiger charge is 2.31. The number of hydrogen-bond donors (Lipinski definition) is 0. The lowest BCUT2D eigenvalue weighted by atomic mass is 10.1. The smallest absolute Gasteiger partial charge is 0.227 e. The molecule has 3 heterocycles. The molecule has 25 heavy (non-hydrogen) atoms. The van der Waals surface area contributed by atoms with Crippen LogP contribution in [0.5, 0.6) is 5.75 Å². The summed E-state index contributed by atoms with van der Waals surface area (Å²) in [5.41, 5.74) is 2.98. The van der Waals surface area contributed by atoms with Gasteiger partial charge < -0.3 is 14.0 Å². The Morgan fingerprint density at radius 2 is 2.12 bits per heavy atom. The Labute approximate surface area is 146 Å². The number of nitrogens with zero attached hydrogens (tertiary/aromatic N) is 3. The van der Waals surface area contributed by atoms with Crippen LogP contribution >= 0.6 is 0 Å². The van der Waals surface area contributed by atoms with Crippen molar-refractivity contribution in [3.05, 3.63) is 66.1 Å². The first-order valence-electron chi connectivity index (χ1n) is 8.61. The molecule has 0 aliphatic carbocycles. The molecule has 1 amide bonds. The van der Waals surface area contributed by atoms with Crippen molar-refractivity contribution >= 4 is 11.6 Å². The predicted octanol–water partition coefficient (Wildman–Crippen LogP) is 3.25. The van der Waals surface area contributed by atoms with Crippen molar-refractivity contribution in [2.45, 2.75) is 25.3 Å². The molecule has 0 N–H and O–H groups in total. The van der Waals surface area contributed by atoms with Crippen LogP contribution < -0.4 is 4.74 Å². The van der Waals surface area contributed by atoms with E-state index in [1.165, 1.54) is 0 Å². The molecule has 0 spiro atoms. The second-order valence-corrected chi connectivity index (χ2v) is 6.34. The second kappa shape index (κ2) is 6.59. The highest BCUT2D eigenvalue weighted by atomic mass is 16.5.